The molecule has 1 aliphatic rings. The van der Waals surface area contributed by atoms with Gasteiger partial charge in [-0.25, -0.2) is 13.4 Å². The topological polar surface area (TPSA) is 133 Å². The number of hydrogen-bond acceptors (Lipinski definition) is 7. The minimum atomic E-state index is -3.33. The molecule has 0 amide bonds. The van der Waals surface area contributed by atoms with E-state index in [1.165, 1.54) is 6.07 Å². The molecular formula is C19H23N5O3S. The maximum atomic E-state index is 11.8. The van der Waals surface area contributed by atoms with Crippen molar-refractivity contribution < 1.29 is 13.5 Å². The number of fused-ring (bicyclic) bond motifs is 1. The van der Waals surface area contributed by atoms with Gasteiger partial charge in [-0.3, -0.25) is 0 Å². The smallest absolute Gasteiger partial charge is 0.200 e. The molecule has 0 spiro atoms. The van der Waals surface area contributed by atoms with Crippen molar-refractivity contribution in [2.24, 2.45) is 5.73 Å². The fraction of sp³-hybridized carbons (Fsp3) is 0.316. The molecule has 4 rings (SSSR count). The van der Waals surface area contributed by atoms with E-state index in [4.69, 9.17) is 5.73 Å². The highest BCUT2D eigenvalue weighted by molar-refractivity contribution is 7.90. The van der Waals surface area contributed by atoms with Crippen molar-refractivity contribution in [1.82, 2.24) is 9.97 Å². The Bertz CT molecular complexity index is 1130. The maximum Gasteiger partial charge on any atom is 0.200 e. The van der Waals surface area contributed by atoms with Crippen molar-refractivity contribution in [3.63, 3.8) is 0 Å². The van der Waals surface area contributed by atoms with Gasteiger partial charge in [0.15, 0.2) is 15.7 Å². The van der Waals surface area contributed by atoms with Crippen LogP contribution in [0.3, 0.4) is 0 Å². The summed E-state index contributed by atoms with van der Waals surface area (Å²) in [6.45, 7) is 0. The Morgan fingerprint density at radius 1 is 1.29 bits per heavy atom. The second-order valence-corrected chi connectivity index (χ2v) is 9.24. The van der Waals surface area contributed by atoms with E-state index in [1.807, 2.05) is 6.07 Å². The number of aromatic nitrogens is 2. The fourth-order valence-corrected chi connectivity index (χ4v) is 4.28. The first-order chi connectivity index (χ1) is 13.3. The van der Waals surface area contributed by atoms with Crippen LogP contribution in [0.2, 0.25) is 0 Å². The van der Waals surface area contributed by atoms with Crippen molar-refractivity contribution in [3.8, 4) is 5.88 Å². The van der Waals surface area contributed by atoms with Crippen LogP contribution in [0.15, 0.2) is 41.4 Å². The standard InChI is InChI=1S/C19H23N5O3S/c1-28(26,27)13-5-2-4-12(9-13)22-18-17-11(10-21-19(17)25)8-16(24-18)23-15-7-3-6-14(15)20/h2,4-5,8-10,14-15,21,23,25H,3,6-7,20H2,1H3,(H,22,24)/t14-,15+/m0/s1. The Hall–Kier alpha value is -2.78. The maximum absolute atomic E-state index is 11.8. The van der Waals surface area contributed by atoms with Gasteiger partial charge in [0, 0.05) is 35.6 Å². The molecule has 0 bridgehead atoms. The molecule has 2 atom stereocenters. The Morgan fingerprint density at radius 2 is 2.11 bits per heavy atom. The number of sulfone groups is 1. The lowest BCUT2D eigenvalue weighted by atomic mass is 10.2. The number of pyridine rings is 1. The zero-order valence-corrected chi connectivity index (χ0v) is 16.3. The van der Waals surface area contributed by atoms with Gasteiger partial charge >= 0.3 is 0 Å². The molecule has 28 heavy (non-hydrogen) atoms. The zero-order chi connectivity index (χ0) is 19.9. The minimum Gasteiger partial charge on any atom is -0.494 e. The first-order valence-corrected chi connectivity index (χ1v) is 11.0. The lowest BCUT2D eigenvalue weighted by Gasteiger charge is -2.19. The van der Waals surface area contributed by atoms with Crippen LogP contribution in [-0.4, -0.2) is 41.8 Å². The quantitative estimate of drug-likeness (QED) is 0.444. The van der Waals surface area contributed by atoms with E-state index in [9.17, 15) is 13.5 Å². The molecule has 1 aliphatic carbocycles. The van der Waals surface area contributed by atoms with Gasteiger partial charge in [0.2, 0.25) is 0 Å². The highest BCUT2D eigenvalue weighted by Gasteiger charge is 2.24. The number of anilines is 3. The molecule has 2 heterocycles. The fourth-order valence-electron chi connectivity index (χ4n) is 3.61. The normalized spacial score (nSPS) is 19.8. The Kier molecular flexibility index (Phi) is 4.64. The highest BCUT2D eigenvalue weighted by atomic mass is 32.2. The van der Waals surface area contributed by atoms with Gasteiger partial charge in [0.1, 0.15) is 11.6 Å². The largest absolute Gasteiger partial charge is 0.494 e. The van der Waals surface area contributed by atoms with Gasteiger partial charge in [-0.2, -0.15) is 0 Å². The Balaban J connectivity index is 1.72. The Morgan fingerprint density at radius 3 is 2.82 bits per heavy atom. The summed E-state index contributed by atoms with van der Waals surface area (Å²) in [5, 5.41) is 18.0. The lowest BCUT2D eigenvalue weighted by molar-refractivity contribution is 0.463. The first kappa shape index (κ1) is 18.6. The third-order valence-electron chi connectivity index (χ3n) is 5.08. The van der Waals surface area contributed by atoms with Crippen LogP contribution in [0.5, 0.6) is 5.88 Å². The summed E-state index contributed by atoms with van der Waals surface area (Å²) < 4.78 is 23.7. The molecule has 3 aromatic rings. The van der Waals surface area contributed by atoms with Crippen molar-refractivity contribution in [1.29, 1.82) is 0 Å². The molecule has 2 aromatic heterocycles. The number of nitrogens with zero attached hydrogens (tertiary/aromatic N) is 1. The summed E-state index contributed by atoms with van der Waals surface area (Å²) in [6.07, 6.45) is 5.90. The van der Waals surface area contributed by atoms with Crippen LogP contribution >= 0.6 is 0 Å². The van der Waals surface area contributed by atoms with E-state index in [2.05, 4.69) is 20.6 Å². The number of benzene rings is 1. The average molecular weight is 401 g/mol. The second-order valence-electron chi connectivity index (χ2n) is 7.23. The summed E-state index contributed by atoms with van der Waals surface area (Å²) in [5.41, 5.74) is 6.72. The number of aromatic hydroxyl groups is 1. The predicted molar refractivity (Wildman–Crippen MR) is 110 cm³/mol. The summed E-state index contributed by atoms with van der Waals surface area (Å²) in [5.74, 6) is 1.07. The van der Waals surface area contributed by atoms with Crippen molar-refractivity contribution in [2.45, 2.75) is 36.2 Å². The molecule has 0 aliphatic heterocycles. The third kappa shape index (κ3) is 3.63. The highest BCUT2D eigenvalue weighted by Crippen LogP contribution is 2.34. The molecule has 1 fully saturated rings. The van der Waals surface area contributed by atoms with E-state index in [-0.39, 0.29) is 22.9 Å². The number of nitrogens with one attached hydrogen (secondary N) is 3. The molecule has 8 nitrogen and oxygen atoms in total. The van der Waals surface area contributed by atoms with E-state index >= 15 is 0 Å². The monoisotopic (exact) mass is 401 g/mol. The third-order valence-corrected chi connectivity index (χ3v) is 6.19. The summed E-state index contributed by atoms with van der Waals surface area (Å²) in [7, 11) is -3.33. The van der Waals surface area contributed by atoms with Crippen molar-refractivity contribution in [2.75, 3.05) is 16.9 Å². The van der Waals surface area contributed by atoms with Crippen LogP contribution in [-0.2, 0) is 9.84 Å². The number of hydrogen-bond donors (Lipinski definition) is 5. The minimum absolute atomic E-state index is 0.00612. The molecule has 1 aromatic carbocycles. The first-order valence-electron chi connectivity index (χ1n) is 9.11. The van der Waals surface area contributed by atoms with Crippen LogP contribution in [0.25, 0.3) is 10.8 Å². The summed E-state index contributed by atoms with van der Waals surface area (Å²) >= 11 is 0. The molecule has 6 N–H and O–H groups in total. The van der Waals surface area contributed by atoms with Gasteiger partial charge in [-0.15, -0.1) is 0 Å². The van der Waals surface area contributed by atoms with Crippen LogP contribution < -0.4 is 16.4 Å². The van der Waals surface area contributed by atoms with E-state index in [0.29, 0.717) is 22.7 Å². The number of H-pyrrole nitrogens is 1. The van der Waals surface area contributed by atoms with Gasteiger partial charge in [0.05, 0.1) is 10.3 Å². The van der Waals surface area contributed by atoms with Crippen LogP contribution in [0.1, 0.15) is 19.3 Å². The predicted octanol–water partition coefficient (Wildman–Crippen LogP) is 2.71. The van der Waals surface area contributed by atoms with Crippen molar-refractivity contribution >= 4 is 37.9 Å². The van der Waals surface area contributed by atoms with E-state index in [1.54, 1.807) is 24.4 Å². The number of nitrogens with two attached hydrogens (primary N) is 1. The van der Waals surface area contributed by atoms with Crippen molar-refractivity contribution in [3.05, 3.63) is 36.5 Å². The number of rotatable bonds is 5. The molecule has 0 unspecified atom stereocenters. The van der Waals surface area contributed by atoms with E-state index < -0.39 is 9.84 Å². The van der Waals surface area contributed by atoms with Gasteiger partial charge in [-0.05, 0) is 43.5 Å². The lowest BCUT2D eigenvalue weighted by Crippen LogP contribution is -2.35. The van der Waals surface area contributed by atoms with Crippen LogP contribution in [0.4, 0.5) is 17.3 Å². The van der Waals surface area contributed by atoms with Gasteiger partial charge in [0.25, 0.3) is 0 Å². The molecule has 9 heteroatoms. The molecular weight excluding hydrogens is 378 g/mol. The SMILES string of the molecule is CS(=O)(=O)c1cccc(Nc2nc(N[C@@H]3CCC[C@@H]3N)cc3c[nH]c(O)c23)c1. The second kappa shape index (κ2) is 6.99. The van der Waals surface area contributed by atoms with Gasteiger partial charge in [-0.1, -0.05) is 6.07 Å². The molecule has 0 saturated heterocycles. The molecule has 148 valence electrons. The molecule has 0 radical (unpaired) electrons. The van der Waals surface area contributed by atoms with E-state index in [0.717, 1.165) is 30.9 Å². The summed E-state index contributed by atoms with van der Waals surface area (Å²) in [6, 6.07) is 8.58. The van der Waals surface area contributed by atoms with Gasteiger partial charge < -0.3 is 26.5 Å². The number of aromatic amines is 1. The van der Waals surface area contributed by atoms with Crippen LogP contribution in [0, 0.1) is 0 Å². The Labute approximate surface area is 163 Å². The average Bonchev–Trinajstić information content (AvgIpc) is 3.21. The zero-order valence-electron chi connectivity index (χ0n) is 15.4. The summed E-state index contributed by atoms with van der Waals surface area (Å²) in [4.78, 5) is 7.61. The molecule has 1 saturated carbocycles.